The van der Waals surface area contributed by atoms with E-state index >= 15 is 0 Å². The number of fused-ring (bicyclic) bond motifs is 1. The van der Waals surface area contributed by atoms with Crippen molar-refractivity contribution in [3.05, 3.63) is 29.5 Å². The molecule has 6 heteroatoms. The highest BCUT2D eigenvalue weighted by atomic mass is 16.1. The van der Waals surface area contributed by atoms with Gasteiger partial charge in [-0.15, -0.1) is 0 Å². The van der Waals surface area contributed by atoms with E-state index in [-0.39, 0.29) is 5.69 Å². The minimum Gasteiger partial charge on any atom is -0.366 e. The molecule has 0 radical (unpaired) electrons. The number of benzene rings is 1. The first-order valence-electron chi connectivity index (χ1n) is 4.17. The molecule has 5 N–H and O–H groups in total. The summed E-state index contributed by atoms with van der Waals surface area (Å²) in [4.78, 5) is 21.8. The number of amides is 2. The lowest BCUT2D eigenvalue weighted by molar-refractivity contribution is 0.0990. The van der Waals surface area contributed by atoms with Crippen LogP contribution in [0.25, 0.3) is 10.9 Å². The lowest BCUT2D eigenvalue weighted by Crippen LogP contribution is -2.12. The molecule has 0 atom stereocenters. The van der Waals surface area contributed by atoms with Gasteiger partial charge in [-0.3, -0.25) is 14.7 Å². The number of aromatic amines is 1. The average molecular weight is 204 g/mol. The summed E-state index contributed by atoms with van der Waals surface area (Å²) in [6.07, 6.45) is 0. The highest BCUT2D eigenvalue weighted by Gasteiger charge is 2.11. The minimum atomic E-state index is -0.618. The lowest BCUT2D eigenvalue weighted by atomic mass is 10.1. The molecule has 1 aromatic carbocycles. The summed E-state index contributed by atoms with van der Waals surface area (Å²) in [5, 5.41) is 6.93. The fourth-order valence-corrected chi connectivity index (χ4v) is 1.36. The molecule has 0 saturated heterocycles. The Hall–Kier alpha value is -2.37. The Morgan fingerprint density at radius 2 is 1.93 bits per heavy atom. The van der Waals surface area contributed by atoms with Crippen molar-refractivity contribution < 1.29 is 9.59 Å². The molecule has 0 aliphatic carbocycles. The summed E-state index contributed by atoms with van der Waals surface area (Å²) >= 11 is 0. The van der Waals surface area contributed by atoms with Gasteiger partial charge in [0.2, 0.25) is 5.91 Å². The van der Waals surface area contributed by atoms with Gasteiger partial charge in [0.1, 0.15) is 0 Å². The van der Waals surface area contributed by atoms with Gasteiger partial charge >= 0.3 is 0 Å². The van der Waals surface area contributed by atoms with Crippen molar-refractivity contribution in [2.75, 3.05) is 0 Å². The molecule has 2 rings (SSSR count). The van der Waals surface area contributed by atoms with Crippen LogP contribution in [0.15, 0.2) is 18.2 Å². The summed E-state index contributed by atoms with van der Waals surface area (Å²) in [7, 11) is 0. The second-order valence-electron chi connectivity index (χ2n) is 3.06. The van der Waals surface area contributed by atoms with Crippen molar-refractivity contribution in [3.8, 4) is 0 Å². The number of carbonyl (C=O) groups is 2. The van der Waals surface area contributed by atoms with Crippen molar-refractivity contribution >= 4 is 22.7 Å². The van der Waals surface area contributed by atoms with Gasteiger partial charge in [0.15, 0.2) is 5.69 Å². The van der Waals surface area contributed by atoms with Crippen molar-refractivity contribution in [3.63, 3.8) is 0 Å². The molecule has 0 spiro atoms. The normalized spacial score (nSPS) is 10.4. The zero-order chi connectivity index (χ0) is 11.0. The molecular weight excluding hydrogens is 196 g/mol. The first-order valence-corrected chi connectivity index (χ1v) is 4.17. The van der Waals surface area contributed by atoms with Crippen LogP contribution < -0.4 is 11.5 Å². The van der Waals surface area contributed by atoms with Crippen LogP contribution >= 0.6 is 0 Å². The monoisotopic (exact) mass is 204 g/mol. The molecular formula is C9H8N4O2. The number of carbonyl (C=O) groups excluding carboxylic acids is 2. The fourth-order valence-electron chi connectivity index (χ4n) is 1.36. The quantitative estimate of drug-likeness (QED) is 0.626. The smallest absolute Gasteiger partial charge is 0.269 e. The van der Waals surface area contributed by atoms with E-state index in [1.165, 1.54) is 12.1 Å². The van der Waals surface area contributed by atoms with Gasteiger partial charge in [-0.05, 0) is 18.2 Å². The summed E-state index contributed by atoms with van der Waals surface area (Å²) in [5.74, 6) is -1.15. The van der Waals surface area contributed by atoms with E-state index in [9.17, 15) is 9.59 Å². The molecule has 0 saturated carbocycles. The maximum atomic E-state index is 10.9. The summed E-state index contributed by atoms with van der Waals surface area (Å²) in [6.45, 7) is 0. The van der Waals surface area contributed by atoms with Crippen LogP contribution in [-0.4, -0.2) is 22.0 Å². The second kappa shape index (κ2) is 3.09. The first kappa shape index (κ1) is 9.20. The van der Waals surface area contributed by atoms with Crippen molar-refractivity contribution in [1.82, 2.24) is 10.2 Å². The van der Waals surface area contributed by atoms with Crippen LogP contribution in [-0.2, 0) is 0 Å². The van der Waals surface area contributed by atoms with Gasteiger partial charge < -0.3 is 11.5 Å². The Labute approximate surface area is 84.2 Å². The molecule has 2 amide bonds. The maximum absolute atomic E-state index is 10.9. The highest BCUT2D eigenvalue weighted by molar-refractivity contribution is 6.05. The third kappa shape index (κ3) is 1.41. The summed E-state index contributed by atoms with van der Waals surface area (Å²) < 4.78 is 0. The third-order valence-electron chi connectivity index (χ3n) is 2.08. The van der Waals surface area contributed by atoms with E-state index in [1.807, 2.05) is 0 Å². The Morgan fingerprint density at radius 3 is 2.53 bits per heavy atom. The first-order chi connectivity index (χ1) is 7.09. The van der Waals surface area contributed by atoms with Crippen molar-refractivity contribution in [2.45, 2.75) is 0 Å². The van der Waals surface area contributed by atoms with Crippen LogP contribution in [0.2, 0.25) is 0 Å². The molecule has 0 fully saturated rings. The lowest BCUT2D eigenvalue weighted by Gasteiger charge is -1.95. The molecule has 1 heterocycles. The number of primary amides is 2. The molecule has 76 valence electrons. The van der Waals surface area contributed by atoms with E-state index in [2.05, 4.69) is 10.2 Å². The van der Waals surface area contributed by atoms with E-state index in [1.54, 1.807) is 6.07 Å². The zero-order valence-corrected chi connectivity index (χ0v) is 7.65. The molecule has 15 heavy (non-hydrogen) atoms. The molecule has 0 bridgehead atoms. The zero-order valence-electron chi connectivity index (χ0n) is 7.65. The minimum absolute atomic E-state index is 0.154. The van der Waals surface area contributed by atoms with E-state index in [0.717, 1.165) is 0 Å². The average Bonchev–Trinajstić information content (AvgIpc) is 2.59. The van der Waals surface area contributed by atoms with E-state index in [0.29, 0.717) is 16.5 Å². The predicted octanol–water partition coefficient (Wildman–Crippen LogP) is -0.239. The van der Waals surface area contributed by atoms with Crippen LogP contribution in [0.3, 0.4) is 0 Å². The van der Waals surface area contributed by atoms with E-state index in [4.69, 9.17) is 11.5 Å². The van der Waals surface area contributed by atoms with Gasteiger partial charge in [0.25, 0.3) is 5.91 Å². The molecule has 6 nitrogen and oxygen atoms in total. The molecule has 1 aromatic heterocycles. The summed E-state index contributed by atoms with van der Waals surface area (Å²) in [5.41, 5.74) is 11.3. The van der Waals surface area contributed by atoms with Crippen LogP contribution in [0.4, 0.5) is 0 Å². The maximum Gasteiger partial charge on any atom is 0.269 e. The molecule has 0 aliphatic rings. The molecule has 2 aromatic rings. The molecule has 0 unspecified atom stereocenters. The van der Waals surface area contributed by atoms with Gasteiger partial charge in [-0.2, -0.15) is 5.10 Å². The SMILES string of the molecule is NC(=O)c1ccc2c(C(N)=O)n[nH]c2c1. The topological polar surface area (TPSA) is 115 Å². The van der Waals surface area contributed by atoms with Crippen molar-refractivity contribution in [2.24, 2.45) is 11.5 Å². The second-order valence-corrected chi connectivity index (χ2v) is 3.06. The Kier molecular flexibility index (Phi) is 1.89. The number of H-pyrrole nitrogens is 1. The van der Waals surface area contributed by atoms with E-state index < -0.39 is 11.8 Å². The van der Waals surface area contributed by atoms with Crippen LogP contribution in [0.5, 0.6) is 0 Å². The number of nitrogens with two attached hydrogens (primary N) is 2. The predicted molar refractivity (Wildman–Crippen MR) is 53.1 cm³/mol. The van der Waals surface area contributed by atoms with Crippen LogP contribution in [0.1, 0.15) is 20.8 Å². The number of rotatable bonds is 2. The standard InChI is InChI=1S/C9H8N4O2/c10-8(14)4-1-2-5-6(3-4)12-13-7(5)9(11)15/h1-3H,(H2,10,14)(H2,11,15)(H,12,13). The number of nitrogens with zero attached hydrogens (tertiary/aromatic N) is 1. The Morgan fingerprint density at radius 1 is 1.20 bits per heavy atom. The Balaban J connectivity index is 2.66. The van der Waals surface area contributed by atoms with Gasteiger partial charge in [-0.1, -0.05) is 0 Å². The van der Waals surface area contributed by atoms with Crippen molar-refractivity contribution in [1.29, 1.82) is 0 Å². The Bertz CT molecular complexity index is 558. The highest BCUT2D eigenvalue weighted by Crippen LogP contribution is 2.16. The number of nitrogens with one attached hydrogen (secondary N) is 1. The number of hydrogen-bond acceptors (Lipinski definition) is 3. The third-order valence-corrected chi connectivity index (χ3v) is 2.08. The number of aromatic nitrogens is 2. The summed E-state index contributed by atoms with van der Waals surface area (Å²) in [6, 6.07) is 4.63. The van der Waals surface area contributed by atoms with Crippen LogP contribution in [0, 0.1) is 0 Å². The van der Waals surface area contributed by atoms with Gasteiger partial charge in [0.05, 0.1) is 5.52 Å². The number of hydrogen-bond donors (Lipinski definition) is 3. The van der Waals surface area contributed by atoms with Gasteiger partial charge in [0, 0.05) is 10.9 Å². The largest absolute Gasteiger partial charge is 0.366 e. The fraction of sp³-hybridized carbons (Fsp3) is 0. The molecule has 0 aliphatic heterocycles. The van der Waals surface area contributed by atoms with Gasteiger partial charge in [-0.25, -0.2) is 0 Å².